The summed E-state index contributed by atoms with van der Waals surface area (Å²) >= 11 is 0. The maximum atomic E-state index is 10.7. The minimum atomic E-state index is -0.960. The monoisotopic (exact) mass is 229 g/mol. The molecule has 0 aromatic carbocycles. The summed E-state index contributed by atoms with van der Waals surface area (Å²) in [4.78, 5) is 14.8. The number of hydrogen-bond donors (Lipinski definition) is 1. The number of rotatable bonds is 3. The Hall–Kier alpha value is -1.09. The third-order valence-corrected chi connectivity index (χ3v) is 1.86. The van der Waals surface area contributed by atoms with E-state index < -0.39 is 5.97 Å². The summed E-state index contributed by atoms with van der Waals surface area (Å²) in [6.07, 6.45) is 0.821. The fraction of sp³-hybridized carbons (Fsp3) is 0.455. The van der Waals surface area contributed by atoms with Gasteiger partial charge in [0.2, 0.25) is 0 Å². The number of nitrogens with zero attached hydrogens (tertiary/aromatic N) is 1. The molecule has 1 aromatic rings. The highest BCUT2D eigenvalue weighted by atomic mass is 35.5. The predicted molar refractivity (Wildman–Crippen MR) is 61.7 cm³/mol. The Labute approximate surface area is 95.9 Å². The van der Waals surface area contributed by atoms with Crippen molar-refractivity contribution in [1.29, 1.82) is 0 Å². The molecule has 0 bridgehead atoms. The molecule has 1 N–H and O–H groups in total. The SMILES string of the molecule is Cc1cc(CC(C)C)nc(C(=O)O)c1.Cl. The van der Waals surface area contributed by atoms with Gasteiger partial charge in [-0.05, 0) is 37.0 Å². The van der Waals surface area contributed by atoms with Crippen LogP contribution in [0.1, 0.15) is 35.6 Å². The first-order valence-corrected chi connectivity index (χ1v) is 4.70. The van der Waals surface area contributed by atoms with Crippen LogP contribution < -0.4 is 0 Å². The number of pyridine rings is 1. The van der Waals surface area contributed by atoms with Gasteiger partial charge in [0.05, 0.1) is 0 Å². The van der Waals surface area contributed by atoms with E-state index in [4.69, 9.17) is 5.11 Å². The second-order valence-corrected chi connectivity index (χ2v) is 3.92. The van der Waals surface area contributed by atoms with Gasteiger partial charge in [-0.3, -0.25) is 0 Å². The maximum absolute atomic E-state index is 10.7. The Balaban J connectivity index is 0.00000196. The summed E-state index contributed by atoms with van der Waals surface area (Å²) < 4.78 is 0. The van der Waals surface area contributed by atoms with Crippen molar-refractivity contribution in [2.45, 2.75) is 27.2 Å². The van der Waals surface area contributed by atoms with E-state index in [0.717, 1.165) is 17.7 Å². The van der Waals surface area contributed by atoms with Crippen molar-refractivity contribution < 1.29 is 9.90 Å². The third-order valence-electron chi connectivity index (χ3n) is 1.86. The van der Waals surface area contributed by atoms with E-state index in [1.54, 1.807) is 6.07 Å². The van der Waals surface area contributed by atoms with Crippen LogP contribution in [0.2, 0.25) is 0 Å². The van der Waals surface area contributed by atoms with Gasteiger partial charge in [0, 0.05) is 5.69 Å². The van der Waals surface area contributed by atoms with E-state index >= 15 is 0 Å². The van der Waals surface area contributed by atoms with Gasteiger partial charge in [-0.25, -0.2) is 9.78 Å². The van der Waals surface area contributed by atoms with Crippen molar-refractivity contribution in [3.63, 3.8) is 0 Å². The van der Waals surface area contributed by atoms with Crippen LogP contribution in [0.5, 0.6) is 0 Å². The van der Waals surface area contributed by atoms with Crippen LogP contribution in [0.4, 0.5) is 0 Å². The number of carboxylic acids is 1. The zero-order valence-electron chi connectivity index (χ0n) is 9.15. The van der Waals surface area contributed by atoms with E-state index in [-0.39, 0.29) is 18.1 Å². The second-order valence-electron chi connectivity index (χ2n) is 3.92. The first-order chi connectivity index (χ1) is 6.49. The lowest BCUT2D eigenvalue weighted by Gasteiger charge is -2.06. The fourth-order valence-corrected chi connectivity index (χ4v) is 1.37. The minimum Gasteiger partial charge on any atom is -0.477 e. The molecule has 4 heteroatoms. The van der Waals surface area contributed by atoms with Crippen LogP contribution in [0.3, 0.4) is 0 Å². The molecule has 0 amide bonds. The average molecular weight is 230 g/mol. The molecule has 0 unspecified atom stereocenters. The number of hydrogen-bond acceptors (Lipinski definition) is 2. The zero-order chi connectivity index (χ0) is 10.7. The van der Waals surface area contributed by atoms with Crippen molar-refractivity contribution in [3.8, 4) is 0 Å². The van der Waals surface area contributed by atoms with Crippen molar-refractivity contribution in [1.82, 2.24) is 4.98 Å². The van der Waals surface area contributed by atoms with E-state index in [2.05, 4.69) is 18.8 Å². The fourth-order valence-electron chi connectivity index (χ4n) is 1.37. The minimum absolute atomic E-state index is 0. The van der Waals surface area contributed by atoms with E-state index in [1.807, 2.05) is 13.0 Å². The zero-order valence-corrected chi connectivity index (χ0v) is 9.97. The highest BCUT2D eigenvalue weighted by Crippen LogP contribution is 2.09. The number of halogens is 1. The number of carbonyl (C=O) groups is 1. The average Bonchev–Trinajstić information content (AvgIpc) is 2.01. The van der Waals surface area contributed by atoms with Gasteiger partial charge in [0.1, 0.15) is 5.69 Å². The second kappa shape index (κ2) is 5.71. The number of aromatic nitrogens is 1. The molecule has 0 aliphatic rings. The molecule has 0 aliphatic carbocycles. The summed E-state index contributed by atoms with van der Waals surface area (Å²) in [5.74, 6) is -0.468. The summed E-state index contributed by atoms with van der Waals surface area (Å²) in [5.41, 5.74) is 1.95. The van der Waals surface area contributed by atoms with Gasteiger partial charge in [0.25, 0.3) is 0 Å². The molecule has 1 rings (SSSR count). The third kappa shape index (κ3) is 4.30. The molecule has 0 saturated heterocycles. The predicted octanol–water partition coefficient (Wildman–Crippen LogP) is 2.71. The summed E-state index contributed by atoms with van der Waals surface area (Å²) in [6.45, 7) is 6.06. The lowest BCUT2D eigenvalue weighted by atomic mass is 10.1. The molecule has 0 atom stereocenters. The van der Waals surface area contributed by atoms with Crippen LogP contribution in [-0.2, 0) is 6.42 Å². The first-order valence-electron chi connectivity index (χ1n) is 4.70. The van der Waals surface area contributed by atoms with Crippen LogP contribution in [-0.4, -0.2) is 16.1 Å². The Morgan fingerprint density at radius 2 is 2.07 bits per heavy atom. The highest BCUT2D eigenvalue weighted by Gasteiger charge is 2.08. The number of aromatic carboxylic acids is 1. The van der Waals surface area contributed by atoms with Crippen LogP contribution >= 0.6 is 12.4 Å². The van der Waals surface area contributed by atoms with Crippen molar-refractivity contribution in [2.24, 2.45) is 5.92 Å². The van der Waals surface area contributed by atoms with Crippen molar-refractivity contribution in [3.05, 3.63) is 29.1 Å². The Kier molecular flexibility index (Phi) is 5.29. The topological polar surface area (TPSA) is 50.2 Å². The molecule has 0 spiro atoms. The van der Waals surface area contributed by atoms with Gasteiger partial charge >= 0.3 is 5.97 Å². The van der Waals surface area contributed by atoms with E-state index in [1.165, 1.54) is 0 Å². The Morgan fingerprint density at radius 1 is 1.47 bits per heavy atom. The summed E-state index contributed by atoms with van der Waals surface area (Å²) in [7, 11) is 0. The molecule has 0 fully saturated rings. The molecular formula is C11H16ClNO2. The molecule has 84 valence electrons. The molecule has 3 nitrogen and oxygen atoms in total. The quantitative estimate of drug-likeness (QED) is 0.867. The molecule has 15 heavy (non-hydrogen) atoms. The van der Waals surface area contributed by atoms with Gasteiger partial charge in [0.15, 0.2) is 0 Å². The lowest BCUT2D eigenvalue weighted by molar-refractivity contribution is 0.0690. The molecule has 0 saturated carbocycles. The van der Waals surface area contributed by atoms with Crippen LogP contribution in [0.15, 0.2) is 12.1 Å². The van der Waals surface area contributed by atoms with Gasteiger partial charge in [-0.2, -0.15) is 0 Å². The molecule has 0 radical (unpaired) electrons. The first kappa shape index (κ1) is 13.9. The lowest BCUT2D eigenvalue weighted by Crippen LogP contribution is -2.05. The molecular weight excluding hydrogens is 214 g/mol. The normalized spacial score (nSPS) is 9.87. The summed E-state index contributed by atoms with van der Waals surface area (Å²) in [5, 5.41) is 8.81. The smallest absolute Gasteiger partial charge is 0.354 e. The largest absolute Gasteiger partial charge is 0.477 e. The van der Waals surface area contributed by atoms with E-state index in [9.17, 15) is 4.79 Å². The van der Waals surface area contributed by atoms with E-state index in [0.29, 0.717) is 5.92 Å². The van der Waals surface area contributed by atoms with Gasteiger partial charge in [-0.1, -0.05) is 13.8 Å². The van der Waals surface area contributed by atoms with Gasteiger partial charge in [-0.15, -0.1) is 12.4 Å². The van der Waals surface area contributed by atoms with Crippen molar-refractivity contribution >= 4 is 18.4 Å². The number of aryl methyl sites for hydroxylation is 1. The maximum Gasteiger partial charge on any atom is 0.354 e. The molecule has 0 aliphatic heterocycles. The highest BCUT2D eigenvalue weighted by molar-refractivity contribution is 5.85. The molecule has 1 aromatic heterocycles. The molecule has 1 heterocycles. The summed E-state index contributed by atoms with van der Waals surface area (Å²) in [6, 6.07) is 3.53. The number of carboxylic acid groups (broad SMARTS) is 1. The standard InChI is InChI=1S/C11H15NO2.ClH/c1-7(2)4-9-5-8(3)6-10(12-9)11(13)14;/h5-7H,4H2,1-3H3,(H,13,14);1H. The Morgan fingerprint density at radius 3 is 2.53 bits per heavy atom. The van der Waals surface area contributed by atoms with Gasteiger partial charge < -0.3 is 5.11 Å². The van der Waals surface area contributed by atoms with Crippen molar-refractivity contribution in [2.75, 3.05) is 0 Å². The van der Waals surface area contributed by atoms with Crippen LogP contribution in [0.25, 0.3) is 0 Å². The van der Waals surface area contributed by atoms with Crippen LogP contribution in [0, 0.1) is 12.8 Å². The Bertz CT molecular complexity index is 350.